The first-order chi connectivity index (χ1) is 11.5. The van der Waals surface area contributed by atoms with E-state index in [0.717, 1.165) is 6.42 Å². The Hall–Kier alpha value is -2.90. The highest BCUT2D eigenvalue weighted by Gasteiger charge is 2.29. The van der Waals surface area contributed by atoms with E-state index in [-0.39, 0.29) is 17.8 Å². The molecule has 3 N–H and O–H groups in total. The summed E-state index contributed by atoms with van der Waals surface area (Å²) in [6.07, 6.45) is 7.81. The van der Waals surface area contributed by atoms with Gasteiger partial charge in [-0.2, -0.15) is 0 Å². The number of likely N-dealkylation sites (tertiary alicyclic amines) is 1. The SMILES string of the molecule is CC1CCN(C(=O)Nc2ccc(C(N)=O)nc2)CC1n1ccnc1. The van der Waals surface area contributed by atoms with E-state index in [2.05, 4.69) is 22.2 Å². The van der Waals surface area contributed by atoms with Gasteiger partial charge in [0.1, 0.15) is 5.69 Å². The molecule has 1 fully saturated rings. The molecule has 1 aliphatic rings. The number of aromatic nitrogens is 3. The Morgan fingerprint density at radius 3 is 2.83 bits per heavy atom. The van der Waals surface area contributed by atoms with Crippen LogP contribution in [-0.4, -0.2) is 44.5 Å². The summed E-state index contributed by atoms with van der Waals surface area (Å²) in [6.45, 7) is 3.51. The molecule has 2 aromatic heterocycles. The molecule has 126 valence electrons. The third kappa shape index (κ3) is 3.37. The highest BCUT2D eigenvalue weighted by atomic mass is 16.2. The van der Waals surface area contributed by atoms with Gasteiger partial charge in [-0.05, 0) is 24.5 Å². The number of piperidine rings is 1. The van der Waals surface area contributed by atoms with Crippen LogP contribution in [0.4, 0.5) is 10.5 Å². The zero-order chi connectivity index (χ0) is 17.1. The molecule has 0 aromatic carbocycles. The van der Waals surface area contributed by atoms with Crippen LogP contribution in [0.3, 0.4) is 0 Å². The Kier molecular flexibility index (Phi) is 4.45. The average molecular weight is 328 g/mol. The number of hydrogen-bond acceptors (Lipinski definition) is 4. The van der Waals surface area contributed by atoms with Crippen molar-refractivity contribution in [3.05, 3.63) is 42.7 Å². The number of imidazole rings is 1. The maximum atomic E-state index is 12.5. The molecule has 24 heavy (non-hydrogen) atoms. The summed E-state index contributed by atoms with van der Waals surface area (Å²) in [4.78, 5) is 33.3. The van der Waals surface area contributed by atoms with Crippen LogP contribution in [0.15, 0.2) is 37.1 Å². The van der Waals surface area contributed by atoms with Crippen LogP contribution in [0.1, 0.15) is 29.9 Å². The molecular weight excluding hydrogens is 308 g/mol. The number of amides is 3. The number of pyridine rings is 1. The van der Waals surface area contributed by atoms with E-state index < -0.39 is 5.91 Å². The summed E-state index contributed by atoms with van der Waals surface area (Å²) in [5.74, 6) is -0.124. The smallest absolute Gasteiger partial charge is 0.321 e. The lowest BCUT2D eigenvalue weighted by atomic mass is 9.93. The number of primary amides is 1. The summed E-state index contributed by atoms with van der Waals surface area (Å²) in [6, 6.07) is 3.14. The van der Waals surface area contributed by atoms with Crippen molar-refractivity contribution in [1.29, 1.82) is 0 Å². The van der Waals surface area contributed by atoms with E-state index in [9.17, 15) is 9.59 Å². The molecule has 1 saturated heterocycles. The number of nitrogens with one attached hydrogen (secondary N) is 1. The van der Waals surface area contributed by atoms with Gasteiger partial charge in [0.25, 0.3) is 5.91 Å². The van der Waals surface area contributed by atoms with Gasteiger partial charge in [0.2, 0.25) is 0 Å². The quantitative estimate of drug-likeness (QED) is 0.890. The van der Waals surface area contributed by atoms with Gasteiger partial charge < -0.3 is 20.5 Å². The molecule has 0 aliphatic carbocycles. The molecule has 2 aromatic rings. The molecule has 3 rings (SSSR count). The minimum Gasteiger partial charge on any atom is -0.364 e. The van der Waals surface area contributed by atoms with Gasteiger partial charge in [0, 0.05) is 25.5 Å². The Morgan fingerprint density at radius 1 is 1.38 bits per heavy atom. The number of nitrogens with zero attached hydrogens (tertiary/aromatic N) is 4. The van der Waals surface area contributed by atoms with Gasteiger partial charge in [-0.1, -0.05) is 6.92 Å². The number of carbonyl (C=O) groups excluding carboxylic acids is 2. The highest BCUT2D eigenvalue weighted by Crippen LogP contribution is 2.27. The Bertz CT molecular complexity index is 713. The lowest BCUT2D eigenvalue weighted by Gasteiger charge is -2.37. The molecule has 8 nitrogen and oxygen atoms in total. The van der Waals surface area contributed by atoms with Crippen molar-refractivity contribution in [3.8, 4) is 0 Å². The van der Waals surface area contributed by atoms with Crippen LogP contribution in [0.25, 0.3) is 0 Å². The maximum absolute atomic E-state index is 12.5. The molecule has 0 bridgehead atoms. The third-order valence-corrected chi connectivity index (χ3v) is 4.38. The number of urea groups is 1. The van der Waals surface area contributed by atoms with Crippen molar-refractivity contribution in [2.45, 2.75) is 19.4 Å². The van der Waals surface area contributed by atoms with E-state index in [1.165, 1.54) is 12.3 Å². The fraction of sp³-hybridized carbons (Fsp3) is 0.375. The van der Waals surface area contributed by atoms with Crippen LogP contribution in [-0.2, 0) is 0 Å². The molecule has 0 saturated carbocycles. The van der Waals surface area contributed by atoms with Gasteiger partial charge in [-0.25, -0.2) is 14.8 Å². The summed E-state index contributed by atoms with van der Waals surface area (Å²) >= 11 is 0. The van der Waals surface area contributed by atoms with Crippen LogP contribution in [0.5, 0.6) is 0 Å². The number of rotatable bonds is 3. The number of anilines is 1. The van der Waals surface area contributed by atoms with Crippen LogP contribution >= 0.6 is 0 Å². The van der Waals surface area contributed by atoms with E-state index in [1.54, 1.807) is 23.5 Å². The van der Waals surface area contributed by atoms with Crippen molar-refractivity contribution >= 4 is 17.6 Å². The Morgan fingerprint density at radius 2 is 2.21 bits per heavy atom. The lowest BCUT2D eigenvalue weighted by Crippen LogP contribution is -2.45. The number of carbonyl (C=O) groups is 2. The van der Waals surface area contributed by atoms with E-state index >= 15 is 0 Å². The van der Waals surface area contributed by atoms with Crippen LogP contribution in [0, 0.1) is 5.92 Å². The molecular formula is C16H20N6O2. The average Bonchev–Trinajstić information content (AvgIpc) is 3.10. The van der Waals surface area contributed by atoms with Gasteiger partial charge in [0.15, 0.2) is 0 Å². The minimum absolute atomic E-state index is 0.167. The second kappa shape index (κ2) is 6.69. The monoisotopic (exact) mass is 328 g/mol. The second-order valence-corrected chi connectivity index (χ2v) is 6.02. The topological polar surface area (TPSA) is 106 Å². The molecule has 0 radical (unpaired) electrons. The lowest BCUT2D eigenvalue weighted by molar-refractivity contribution is 0.0995. The summed E-state index contributed by atoms with van der Waals surface area (Å²) in [5, 5.41) is 2.81. The molecule has 3 amide bonds. The maximum Gasteiger partial charge on any atom is 0.321 e. The number of nitrogens with two attached hydrogens (primary N) is 1. The van der Waals surface area contributed by atoms with Crippen molar-refractivity contribution in [3.63, 3.8) is 0 Å². The van der Waals surface area contributed by atoms with Crippen molar-refractivity contribution < 1.29 is 9.59 Å². The van der Waals surface area contributed by atoms with E-state index in [4.69, 9.17) is 5.73 Å². The Labute approximate surface area is 139 Å². The third-order valence-electron chi connectivity index (χ3n) is 4.38. The summed E-state index contributed by atoms with van der Waals surface area (Å²) in [7, 11) is 0. The predicted molar refractivity (Wildman–Crippen MR) is 88.4 cm³/mol. The van der Waals surface area contributed by atoms with Crippen molar-refractivity contribution in [1.82, 2.24) is 19.4 Å². The van der Waals surface area contributed by atoms with E-state index in [0.29, 0.717) is 24.7 Å². The summed E-state index contributed by atoms with van der Waals surface area (Å²) in [5.41, 5.74) is 5.85. The van der Waals surface area contributed by atoms with Crippen LogP contribution in [0.2, 0.25) is 0 Å². The molecule has 8 heteroatoms. The number of hydrogen-bond donors (Lipinski definition) is 2. The molecule has 3 heterocycles. The minimum atomic E-state index is -0.596. The zero-order valence-electron chi connectivity index (χ0n) is 13.4. The largest absolute Gasteiger partial charge is 0.364 e. The van der Waals surface area contributed by atoms with Gasteiger partial charge in [0.05, 0.1) is 24.3 Å². The van der Waals surface area contributed by atoms with Gasteiger partial charge in [-0.3, -0.25) is 4.79 Å². The first-order valence-corrected chi connectivity index (χ1v) is 7.84. The highest BCUT2D eigenvalue weighted by molar-refractivity contribution is 5.92. The molecule has 2 atom stereocenters. The van der Waals surface area contributed by atoms with Crippen molar-refractivity contribution in [2.75, 3.05) is 18.4 Å². The standard InChI is InChI=1S/C16H20N6O2/c1-11-4-6-21(9-14(11)22-7-5-18-10-22)16(24)20-12-2-3-13(15(17)23)19-8-12/h2-3,5,7-8,10-11,14H,4,6,9H2,1H3,(H2,17,23)(H,20,24). The van der Waals surface area contributed by atoms with Gasteiger partial charge in [-0.15, -0.1) is 0 Å². The zero-order valence-corrected chi connectivity index (χ0v) is 13.4. The van der Waals surface area contributed by atoms with E-state index in [1.807, 2.05) is 10.8 Å². The fourth-order valence-corrected chi connectivity index (χ4v) is 2.90. The molecule has 1 aliphatic heterocycles. The second-order valence-electron chi connectivity index (χ2n) is 6.02. The van der Waals surface area contributed by atoms with Gasteiger partial charge >= 0.3 is 6.03 Å². The normalized spacial score (nSPS) is 20.6. The predicted octanol–water partition coefficient (Wildman–Crippen LogP) is 1.49. The summed E-state index contributed by atoms with van der Waals surface area (Å²) < 4.78 is 2.05. The Balaban J connectivity index is 1.65. The first-order valence-electron chi connectivity index (χ1n) is 7.84. The first kappa shape index (κ1) is 16.0. The molecule has 0 spiro atoms. The van der Waals surface area contributed by atoms with Crippen molar-refractivity contribution in [2.24, 2.45) is 11.7 Å². The molecule has 2 unspecified atom stereocenters. The fourth-order valence-electron chi connectivity index (χ4n) is 2.90. The van der Waals surface area contributed by atoms with Crippen LogP contribution < -0.4 is 11.1 Å².